The first-order valence-corrected chi connectivity index (χ1v) is 7.58. The molecule has 1 N–H and O–H groups in total. The Balaban J connectivity index is 2.08. The molecule has 0 saturated carbocycles. The van der Waals surface area contributed by atoms with E-state index < -0.39 is 5.97 Å². The number of benzene rings is 1. The van der Waals surface area contributed by atoms with Crippen molar-refractivity contribution in [1.82, 2.24) is 9.97 Å². The summed E-state index contributed by atoms with van der Waals surface area (Å²) in [5, 5.41) is 9.34. The molecule has 2 heterocycles. The highest BCUT2D eigenvalue weighted by molar-refractivity contribution is 5.87. The van der Waals surface area contributed by atoms with Crippen LogP contribution in [-0.4, -0.2) is 34.1 Å². The van der Waals surface area contributed by atoms with E-state index in [0.29, 0.717) is 11.6 Å². The van der Waals surface area contributed by atoms with Crippen LogP contribution >= 0.6 is 0 Å². The van der Waals surface area contributed by atoms with Crippen LogP contribution in [0.3, 0.4) is 0 Å². The molecule has 1 aliphatic rings. The highest BCUT2D eigenvalue weighted by Gasteiger charge is 2.18. The van der Waals surface area contributed by atoms with Crippen molar-refractivity contribution in [3.05, 3.63) is 41.6 Å². The van der Waals surface area contributed by atoms with Crippen LogP contribution in [-0.2, 0) is 0 Å². The minimum absolute atomic E-state index is 0.0498. The van der Waals surface area contributed by atoms with Gasteiger partial charge in [-0.1, -0.05) is 24.3 Å². The lowest BCUT2D eigenvalue weighted by Gasteiger charge is -2.28. The molecule has 0 amide bonds. The maximum absolute atomic E-state index is 11.4. The summed E-state index contributed by atoms with van der Waals surface area (Å²) in [5.74, 6) is 0.180. The van der Waals surface area contributed by atoms with E-state index in [1.165, 1.54) is 6.42 Å². The zero-order valence-corrected chi connectivity index (χ0v) is 12.6. The number of anilines is 1. The van der Waals surface area contributed by atoms with Crippen LogP contribution in [0, 0.1) is 6.92 Å². The van der Waals surface area contributed by atoms with E-state index in [9.17, 15) is 9.90 Å². The second kappa shape index (κ2) is 6.13. The first-order chi connectivity index (χ1) is 10.6. The first kappa shape index (κ1) is 14.5. The molecule has 1 fully saturated rings. The van der Waals surface area contributed by atoms with Gasteiger partial charge in [0.1, 0.15) is 5.82 Å². The van der Waals surface area contributed by atoms with Gasteiger partial charge in [-0.05, 0) is 31.7 Å². The van der Waals surface area contributed by atoms with Crippen molar-refractivity contribution < 1.29 is 9.90 Å². The fraction of sp³-hybridized carbons (Fsp3) is 0.353. The number of hydrogen-bond acceptors (Lipinski definition) is 4. The van der Waals surface area contributed by atoms with Gasteiger partial charge >= 0.3 is 5.97 Å². The van der Waals surface area contributed by atoms with E-state index >= 15 is 0 Å². The Morgan fingerprint density at radius 2 is 1.86 bits per heavy atom. The van der Waals surface area contributed by atoms with Crippen LogP contribution in [0.25, 0.3) is 11.4 Å². The quantitative estimate of drug-likeness (QED) is 0.942. The minimum Gasteiger partial charge on any atom is -0.477 e. The Labute approximate surface area is 129 Å². The number of hydrogen-bond donors (Lipinski definition) is 1. The molecule has 0 atom stereocenters. The average Bonchev–Trinajstić information content (AvgIpc) is 2.55. The molecular formula is C17H19N3O2. The van der Waals surface area contributed by atoms with Crippen LogP contribution in [0.15, 0.2) is 30.3 Å². The molecule has 1 saturated heterocycles. The number of nitrogens with zero attached hydrogens (tertiary/aromatic N) is 3. The molecule has 22 heavy (non-hydrogen) atoms. The monoisotopic (exact) mass is 297 g/mol. The van der Waals surface area contributed by atoms with Gasteiger partial charge in [-0.25, -0.2) is 14.8 Å². The van der Waals surface area contributed by atoms with Gasteiger partial charge in [0.15, 0.2) is 11.5 Å². The maximum Gasteiger partial charge on any atom is 0.354 e. The molecule has 5 nitrogen and oxygen atoms in total. The van der Waals surface area contributed by atoms with Gasteiger partial charge in [0.05, 0.1) is 0 Å². The second-order valence-electron chi connectivity index (χ2n) is 5.60. The summed E-state index contributed by atoms with van der Waals surface area (Å²) in [6, 6.07) is 9.35. The highest BCUT2D eigenvalue weighted by Crippen LogP contribution is 2.24. The lowest BCUT2D eigenvalue weighted by molar-refractivity contribution is 0.0690. The van der Waals surface area contributed by atoms with Gasteiger partial charge in [0.2, 0.25) is 0 Å². The molecule has 5 heteroatoms. The van der Waals surface area contributed by atoms with Crippen molar-refractivity contribution in [1.29, 1.82) is 0 Å². The van der Waals surface area contributed by atoms with Gasteiger partial charge in [0.25, 0.3) is 0 Å². The molecule has 114 valence electrons. The Kier molecular flexibility index (Phi) is 4.04. The molecule has 2 aromatic rings. The predicted molar refractivity (Wildman–Crippen MR) is 85.2 cm³/mol. The lowest BCUT2D eigenvalue weighted by atomic mass is 10.1. The summed E-state index contributed by atoms with van der Waals surface area (Å²) in [6.07, 6.45) is 3.45. The summed E-state index contributed by atoms with van der Waals surface area (Å²) in [7, 11) is 0. The maximum atomic E-state index is 11.4. The van der Waals surface area contributed by atoms with Crippen molar-refractivity contribution in [2.45, 2.75) is 26.2 Å². The zero-order valence-electron chi connectivity index (χ0n) is 12.6. The number of carboxylic acid groups (broad SMARTS) is 1. The number of rotatable bonds is 3. The summed E-state index contributed by atoms with van der Waals surface area (Å²) >= 11 is 0. The van der Waals surface area contributed by atoms with Crippen molar-refractivity contribution in [3.63, 3.8) is 0 Å². The van der Waals surface area contributed by atoms with Crippen molar-refractivity contribution in [2.75, 3.05) is 18.0 Å². The molecule has 0 spiro atoms. The fourth-order valence-corrected chi connectivity index (χ4v) is 2.77. The Morgan fingerprint density at radius 3 is 2.55 bits per heavy atom. The molecule has 1 aromatic carbocycles. The normalized spacial score (nSPS) is 14.9. The third-order valence-electron chi connectivity index (χ3n) is 4.00. The molecule has 0 unspecified atom stereocenters. The van der Waals surface area contributed by atoms with Gasteiger partial charge in [0, 0.05) is 24.7 Å². The number of carboxylic acids is 1. The van der Waals surface area contributed by atoms with Gasteiger partial charge in [-0.15, -0.1) is 0 Å². The van der Waals surface area contributed by atoms with Gasteiger partial charge in [-0.2, -0.15) is 0 Å². The Bertz CT molecular complexity index is 694. The fourth-order valence-electron chi connectivity index (χ4n) is 2.77. The van der Waals surface area contributed by atoms with E-state index in [4.69, 9.17) is 0 Å². The molecule has 0 aliphatic carbocycles. The molecule has 1 aromatic heterocycles. The Morgan fingerprint density at radius 1 is 1.14 bits per heavy atom. The standard InChI is InChI=1S/C17H19N3O2/c1-12-7-3-4-8-13(12)16-18-14(17(21)22)11-15(19-16)20-9-5-2-6-10-20/h3-4,7-8,11H,2,5-6,9-10H2,1H3,(H,21,22). The number of aromatic nitrogens is 2. The van der Waals surface area contributed by atoms with Crippen LogP contribution < -0.4 is 4.90 Å². The molecule has 1 aliphatic heterocycles. The minimum atomic E-state index is -1.02. The van der Waals surface area contributed by atoms with E-state index in [2.05, 4.69) is 14.9 Å². The van der Waals surface area contributed by atoms with E-state index in [1.807, 2.05) is 31.2 Å². The summed E-state index contributed by atoms with van der Waals surface area (Å²) < 4.78 is 0. The largest absolute Gasteiger partial charge is 0.477 e. The van der Waals surface area contributed by atoms with Crippen LogP contribution in [0.5, 0.6) is 0 Å². The average molecular weight is 297 g/mol. The number of piperidine rings is 1. The zero-order chi connectivity index (χ0) is 15.5. The number of aryl methyl sites for hydroxylation is 1. The summed E-state index contributed by atoms with van der Waals surface area (Å²) in [5.41, 5.74) is 1.97. The van der Waals surface area contributed by atoms with Crippen LogP contribution in [0.1, 0.15) is 35.3 Å². The third kappa shape index (κ3) is 2.93. The third-order valence-corrected chi connectivity index (χ3v) is 4.00. The topological polar surface area (TPSA) is 66.3 Å². The van der Waals surface area contributed by atoms with Crippen molar-refractivity contribution in [3.8, 4) is 11.4 Å². The summed E-state index contributed by atoms with van der Waals surface area (Å²) in [6.45, 7) is 3.82. The van der Waals surface area contributed by atoms with Crippen LogP contribution in [0.4, 0.5) is 5.82 Å². The highest BCUT2D eigenvalue weighted by atomic mass is 16.4. The predicted octanol–water partition coefficient (Wildman–Crippen LogP) is 3.14. The van der Waals surface area contributed by atoms with E-state index in [1.54, 1.807) is 6.07 Å². The SMILES string of the molecule is Cc1ccccc1-c1nc(C(=O)O)cc(N2CCCCC2)n1. The lowest BCUT2D eigenvalue weighted by Crippen LogP contribution is -2.30. The molecule has 0 radical (unpaired) electrons. The Hall–Kier alpha value is -2.43. The molecular weight excluding hydrogens is 278 g/mol. The van der Waals surface area contributed by atoms with Crippen LogP contribution in [0.2, 0.25) is 0 Å². The van der Waals surface area contributed by atoms with E-state index in [-0.39, 0.29) is 5.69 Å². The number of carbonyl (C=O) groups is 1. The smallest absolute Gasteiger partial charge is 0.354 e. The van der Waals surface area contributed by atoms with Crippen molar-refractivity contribution in [2.24, 2.45) is 0 Å². The van der Waals surface area contributed by atoms with Crippen molar-refractivity contribution >= 4 is 11.8 Å². The van der Waals surface area contributed by atoms with Gasteiger partial charge < -0.3 is 10.0 Å². The second-order valence-corrected chi connectivity index (χ2v) is 5.60. The van der Waals surface area contributed by atoms with Gasteiger partial charge in [-0.3, -0.25) is 0 Å². The van der Waals surface area contributed by atoms with E-state index in [0.717, 1.165) is 37.1 Å². The molecule has 0 bridgehead atoms. The first-order valence-electron chi connectivity index (χ1n) is 7.58. The summed E-state index contributed by atoms with van der Waals surface area (Å²) in [4.78, 5) is 22.4. The molecule has 3 rings (SSSR count). The number of aromatic carboxylic acids is 1.